The van der Waals surface area contributed by atoms with Gasteiger partial charge in [0, 0.05) is 6.54 Å². The van der Waals surface area contributed by atoms with Crippen molar-refractivity contribution in [2.24, 2.45) is 0 Å². The molecular formula is C27H27NO4S. The van der Waals surface area contributed by atoms with Gasteiger partial charge in [0.1, 0.15) is 5.75 Å². The Balaban J connectivity index is 1.64. The lowest BCUT2D eigenvalue weighted by Crippen LogP contribution is -2.33. The van der Waals surface area contributed by atoms with Crippen LogP contribution in [0.3, 0.4) is 0 Å². The van der Waals surface area contributed by atoms with Crippen molar-refractivity contribution in [1.29, 1.82) is 0 Å². The van der Waals surface area contributed by atoms with E-state index in [2.05, 4.69) is 6.92 Å². The zero-order valence-corrected chi connectivity index (χ0v) is 19.4. The molecule has 4 rings (SSSR count). The topological polar surface area (TPSA) is 66.8 Å². The molecule has 2 aromatic carbocycles. The smallest absolute Gasteiger partial charge is 0.290 e. The standard InChI is InChI=1S/C27H27NO4S/c1-2-3-17-32-21-13-11-20(12-14-21)24-23(25(29)22-10-7-18-33-22)26(30)27(31)28(24)16-15-19-8-5-4-6-9-19/h4-14,18,24,30H,2-3,15-17H2,1H3. The summed E-state index contributed by atoms with van der Waals surface area (Å²) in [4.78, 5) is 28.5. The number of unbranched alkanes of at least 4 members (excludes halogenated alkanes) is 1. The summed E-state index contributed by atoms with van der Waals surface area (Å²) in [6.45, 7) is 3.13. The number of carbonyl (C=O) groups is 2. The molecule has 2 heterocycles. The third kappa shape index (κ3) is 5.01. The van der Waals surface area contributed by atoms with E-state index in [0.717, 1.165) is 29.7 Å². The van der Waals surface area contributed by atoms with E-state index < -0.39 is 17.7 Å². The molecule has 1 N–H and O–H groups in total. The van der Waals surface area contributed by atoms with Crippen LogP contribution in [-0.4, -0.2) is 34.8 Å². The minimum absolute atomic E-state index is 0.134. The van der Waals surface area contributed by atoms with Crippen LogP contribution in [0.5, 0.6) is 5.75 Å². The summed E-state index contributed by atoms with van der Waals surface area (Å²) in [5, 5.41) is 12.6. The molecule has 0 saturated carbocycles. The molecular weight excluding hydrogens is 434 g/mol. The van der Waals surface area contributed by atoms with Crippen LogP contribution in [0.1, 0.15) is 46.6 Å². The molecule has 33 heavy (non-hydrogen) atoms. The molecule has 6 heteroatoms. The fourth-order valence-corrected chi connectivity index (χ4v) is 4.66. The average molecular weight is 462 g/mol. The van der Waals surface area contributed by atoms with Crippen LogP contribution in [-0.2, 0) is 11.2 Å². The van der Waals surface area contributed by atoms with Gasteiger partial charge in [-0.25, -0.2) is 0 Å². The number of aliphatic hydroxyl groups is 1. The van der Waals surface area contributed by atoms with Gasteiger partial charge in [-0.2, -0.15) is 0 Å². The van der Waals surface area contributed by atoms with Crippen molar-refractivity contribution in [2.75, 3.05) is 13.2 Å². The van der Waals surface area contributed by atoms with Crippen LogP contribution in [0.2, 0.25) is 0 Å². The predicted molar refractivity (Wildman–Crippen MR) is 130 cm³/mol. The maximum absolute atomic E-state index is 13.3. The number of thiophene rings is 1. The van der Waals surface area contributed by atoms with Crippen LogP contribution in [0.15, 0.2) is 83.4 Å². The fraction of sp³-hybridized carbons (Fsp3) is 0.259. The van der Waals surface area contributed by atoms with Crippen molar-refractivity contribution >= 4 is 23.0 Å². The molecule has 1 amide bonds. The zero-order valence-electron chi connectivity index (χ0n) is 18.6. The number of ether oxygens (including phenoxy) is 1. The summed E-state index contributed by atoms with van der Waals surface area (Å²) in [5.74, 6) is -0.549. The third-order valence-electron chi connectivity index (χ3n) is 5.74. The van der Waals surface area contributed by atoms with Gasteiger partial charge in [0.25, 0.3) is 5.91 Å². The molecule has 1 aliphatic heterocycles. The molecule has 3 aromatic rings. The number of carbonyl (C=O) groups excluding carboxylic acids is 2. The van der Waals surface area contributed by atoms with Gasteiger partial charge >= 0.3 is 0 Å². The van der Waals surface area contributed by atoms with Gasteiger partial charge < -0.3 is 14.7 Å². The molecule has 0 aliphatic carbocycles. The van der Waals surface area contributed by atoms with Crippen LogP contribution in [0.25, 0.3) is 0 Å². The Hall–Kier alpha value is -3.38. The average Bonchev–Trinajstić information content (AvgIpc) is 3.46. The Morgan fingerprint density at radius 1 is 1.06 bits per heavy atom. The van der Waals surface area contributed by atoms with Gasteiger partial charge in [-0.1, -0.05) is 61.9 Å². The van der Waals surface area contributed by atoms with E-state index in [4.69, 9.17) is 4.74 Å². The van der Waals surface area contributed by atoms with E-state index in [1.807, 2.05) is 60.0 Å². The third-order valence-corrected chi connectivity index (χ3v) is 6.61. The number of hydrogen-bond acceptors (Lipinski definition) is 5. The zero-order chi connectivity index (χ0) is 23.2. The molecule has 1 aromatic heterocycles. The first kappa shape index (κ1) is 22.8. The van der Waals surface area contributed by atoms with Crippen molar-refractivity contribution in [1.82, 2.24) is 4.90 Å². The van der Waals surface area contributed by atoms with Gasteiger partial charge in [0.15, 0.2) is 5.76 Å². The first-order valence-corrected chi connectivity index (χ1v) is 12.1. The number of ketones is 1. The second kappa shape index (κ2) is 10.5. The van der Waals surface area contributed by atoms with E-state index in [1.54, 1.807) is 17.0 Å². The van der Waals surface area contributed by atoms with Crippen LogP contribution >= 0.6 is 11.3 Å². The number of hydrogen-bond donors (Lipinski definition) is 1. The molecule has 170 valence electrons. The second-order valence-corrected chi connectivity index (χ2v) is 8.92. The molecule has 0 saturated heterocycles. The van der Waals surface area contributed by atoms with Gasteiger partial charge in [0.05, 0.1) is 23.1 Å². The minimum Gasteiger partial charge on any atom is -0.503 e. The van der Waals surface area contributed by atoms with E-state index in [1.165, 1.54) is 11.3 Å². The highest BCUT2D eigenvalue weighted by molar-refractivity contribution is 7.12. The second-order valence-electron chi connectivity index (χ2n) is 7.98. The molecule has 0 fully saturated rings. The summed E-state index contributed by atoms with van der Waals surface area (Å²) >= 11 is 1.30. The number of nitrogens with zero attached hydrogens (tertiary/aromatic N) is 1. The molecule has 0 spiro atoms. The van der Waals surface area contributed by atoms with Crippen LogP contribution < -0.4 is 4.74 Å². The summed E-state index contributed by atoms with van der Waals surface area (Å²) in [5.41, 5.74) is 1.99. The Labute approximate surface area is 197 Å². The van der Waals surface area contributed by atoms with Gasteiger partial charge in [0.2, 0.25) is 5.78 Å². The molecule has 0 radical (unpaired) electrons. The van der Waals surface area contributed by atoms with E-state index in [9.17, 15) is 14.7 Å². The highest BCUT2D eigenvalue weighted by Gasteiger charge is 2.43. The number of rotatable bonds is 10. The quantitative estimate of drug-likeness (QED) is 0.308. The fourth-order valence-electron chi connectivity index (χ4n) is 3.98. The SMILES string of the molecule is CCCCOc1ccc(C2C(C(=O)c3cccs3)=C(O)C(=O)N2CCc2ccccc2)cc1. The minimum atomic E-state index is -0.652. The first-order chi connectivity index (χ1) is 16.1. The summed E-state index contributed by atoms with van der Waals surface area (Å²) in [7, 11) is 0. The Morgan fingerprint density at radius 3 is 2.48 bits per heavy atom. The number of aliphatic hydroxyl groups excluding tert-OH is 1. The Kier molecular flexibility index (Phi) is 7.25. The number of benzene rings is 2. The summed E-state index contributed by atoms with van der Waals surface area (Å²) < 4.78 is 5.76. The maximum atomic E-state index is 13.3. The van der Waals surface area contributed by atoms with Gasteiger partial charge in [-0.3, -0.25) is 9.59 Å². The van der Waals surface area contributed by atoms with Crippen molar-refractivity contribution < 1.29 is 19.4 Å². The largest absolute Gasteiger partial charge is 0.503 e. The van der Waals surface area contributed by atoms with E-state index in [0.29, 0.717) is 24.4 Å². The lowest BCUT2D eigenvalue weighted by Gasteiger charge is -2.27. The van der Waals surface area contributed by atoms with Crippen LogP contribution in [0.4, 0.5) is 0 Å². The lowest BCUT2D eigenvalue weighted by molar-refractivity contribution is -0.129. The molecule has 5 nitrogen and oxygen atoms in total. The summed E-state index contributed by atoms with van der Waals surface area (Å²) in [6, 6.07) is 20.2. The maximum Gasteiger partial charge on any atom is 0.290 e. The van der Waals surface area contributed by atoms with Gasteiger partial charge in [-0.05, 0) is 47.5 Å². The first-order valence-electron chi connectivity index (χ1n) is 11.2. The van der Waals surface area contributed by atoms with Gasteiger partial charge in [-0.15, -0.1) is 11.3 Å². The Morgan fingerprint density at radius 2 is 1.82 bits per heavy atom. The van der Waals surface area contributed by atoms with Crippen molar-refractivity contribution in [3.8, 4) is 5.75 Å². The Bertz CT molecular complexity index is 1120. The van der Waals surface area contributed by atoms with Crippen LogP contribution in [0, 0.1) is 0 Å². The number of amides is 1. The molecule has 0 bridgehead atoms. The highest BCUT2D eigenvalue weighted by Crippen LogP contribution is 2.40. The molecule has 1 aliphatic rings. The molecule has 1 unspecified atom stereocenters. The van der Waals surface area contributed by atoms with E-state index in [-0.39, 0.29) is 11.4 Å². The summed E-state index contributed by atoms with van der Waals surface area (Å²) in [6.07, 6.45) is 2.65. The van der Waals surface area contributed by atoms with Crippen molar-refractivity contribution in [3.63, 3.8) is 0 Å². The molecule has 1 atom stereocenters. The van der Waals surface area contributed by atoms with Crippen molar-refractivity contribution in [2.45, 2.75) is 32.2 Å². The van der Waals surface area contributed by atoms with E-state index >= 15 is 0 Å². The monoisotopic (exact) mass is 461 g/mol. The normalized spacial score (nSPS) is 15.8. The highest BCUT2D eigenvalue weighted by atomic mass is 32.1. The predicted octanol–water partition coefficient (Wildman–Crippen LogP) is 5.75. The van der Waals surface area contributed by atoms with Crippen molar-refractivity contribution in [3.05, 3.63) is 99.4 Å². The number of Topliss-reactive ketones (excluding diaryl/α,β-unsaturated/α-hetero) is 1. The lowest BCUT2D eigenvalue weighted by atomic mass is 9.95.